The molecule has 2 heterocycles. The van der Waals surface area contributed by atoms with Crippen LogP contribution in [-0.2, 0) is 11.3 Å². The Balaban J connectivity index is 2.07. The Bertz CT molecular complexity index is 371. The van der Waals surface area contributed by atoms with Gasteiger partial charge < -0.3 is 14.8 Å². The third-order valence-electron chi connectivity index (χ3n) is 3.37. The topological polar surface area (TPSA) is 65.7 Å². The molecule has 1 saturated heterocycles. The Labute approximate surface area is 100 Å². The summed E-state index contributed by atoms with van der Waals surface area (Å²) in [6.07, 6.45) is 1.82. The van der Waals surface area contributed by atoms with Crippen molar-refractivity contribution in [2.45, 2.75) is 25.4 Å². The number of carbonyl (C=O) groups is 1. The maximum atomic E-state index is 11.0. The lowest BCUT2D eigenvalue weighted by Crippen LogP contribution is -2.69. The molecular formula is C12H18N2O3. The van der Waals surface area contributed by atoms with E-state index in [1.54, 1.807) is 6.26 Å². The predicted octanol–water partition coefficient (Wildman–Crippen LogP) is 0.918. The highest BCUT2D eigenvalue weighted by atomic mass is 16.4. The van der Waals surface area contributed by atoms with Gasteiger partial charge in [-0.15, -0.1) is 0 Å². The second kappa shape index (κ2) is 4.89. The van der Waals surface area contributed by atoms with E-state index in [0.717, 1.165) is 25.4 Å². The van der Waals surface area contributed by atoms with Crippen molar-refractivity contribution in [3.05, 3.63) is 24.2 Å². The highest BCUT2D eigenvalue weighted by Crippen LogP contribution is 2.26. The molecule has 5 heteroatoms. The van der Waals surface area contributed by atoms with Gasteiger partial charge in [0.25, 0.3) is 0 Å². The van der Waals surface area contributed by atoms with Gasteiger partial charge in [0.1, 0.15) is 5.76 Å². The van der Waals surface area contributed by atoms with E-state index in [2.05, 4.69) is 10.2 Å². The Hall–Kier alpha value is -1.33. The van der Waals surface area contributed by atoms with E-state index in [-0.39, 0.29) is 12.0 Å². The van der Waals surface area contributed by atoms with Crippen LogP contribution in [0.3, 0.4) is 0 Å². The lowest BCUT2D eigenvalue weighted by atomic mass is 9.86. The third kappa shape index (κ3) is 2.50. The predicted molar refractivity (Wildman–Crippen MR) is 62.6 cm³/mol. The van der Waals surface area contributed by atoms with Gasteiger partial charge in [-0.3, -0.25) is 9.69 Å². The van der Waals surface area contributed by atoms with Gasteiger partial charge in [-0.25, -0.2) is 0 Å². The first-order valence-corrected chi connectivity index (χ1v) is 5.86. The summed E-state index contributed by atoms with van der Waals surface area (Å²) >= 11 is 0. The number of hydrogen-bond acceptors (Lipinski definition) is 4. The van der Waals surface area contributed by atoms with Crippen LogP contribution in [0.15, 0.2) is 22.8 Å². The summed E-state index contributed by atoms with van der Waals surface area (Å²) in [5, 5.41) is 12.2. The van der Waals surface area contributed by atoms with E-state index in [0.29, 0.717) is 6.54 Å². The number of carboxylic acids is 1. The lowest BCUT2D eigenvalue weighted by Gasteiger charge is -2.49. The van der Waals surface area contributed by atoms with Crippen molar-refractivity contribution in [1.82, 2.24) is 10.2 Å². The van der Waals surface area contributed by atoms with Crippen LogP contribution in [0.4, 0.5) is 0 Å². The molecule has 0 radical (unpaired) electrons. The molecule has 2 rings (SSSR count). The van der Waals surface area contributed by atoms with Crippen LogP contribution in [0.5, 0.6) is 0 Å². The molecule has 2 N–H and O–H groups in total. The first-order chi connectivity index (χ1) is 8.16. The molecular weight excluding hydrogens is 220 g/mol. The van der Waals surface area contributed by atoms with Crippen molar-refractivity contribution in [2.75, 3.05) is 19.6 Å². The highest BCUT2D eigenvalue weighted by Gasteiger charge is 2.43. The lowest BCUT2D eigenvalue weighted by molar-refractivity contribution is -0.142. The summed E-state index contributed by atoms with van der Waals surface area (Å²) in [4.78, 5) is 13.1. The zero-order valence-corrected chi connectivity index (χ0v) is 9.98. The molecule has 0 aliphatic carbocycles. The van der Waals surface area contributed by atoms with Gasteiger partial charge in [-0.1, -0.05) is 6.92 Å². The maximum absolute atomic E-state index is 11.0. The average Bonchev–Trinajstić information content (AvgIpc) is 2.73. The fourth-order valence-corrected chi connectivity index (χ4v) is 2.36. The Kier molecular flexibility index (Phi) is 3.49. The Morgan fingerprint density at radius 1 is 1.65 bits per heavy atom. The standard InChI is InChI=1S/C12H18N2O3/c1-2-14(7-10-4-3-5-17-10)12(6-11(15)16)8-13-9-12/h3-5,13H,2,6-9H2,1H3,(H,15,16). The van der Waals surface area contributed by atoms with Gasteiger partial charge >= 0.3 is 5.97 Å². The van der Waals surface area contributed by atoms with Crippen molar-refractivity contribution < 1.29 is 14.3 Å². The molecule has 1 aliphatic heterocycles. The molecule has 0 aromatic carbocycles. The molecule has 1 aliphatic rings. The molecule has 1 aromatic heterocycles. The van der Waals surface area contributed by atoms with Crippen molar-refractivity contribution in [3.63, 3.8) is 0 Å². The number of carboxylic acid groups (broad SMARTS) is 1. The minimum absolute atomic E-state index is 0.175. The molecule has 0 spiro atoms. The monoisotopic (exact) mass is 238 g/mol. The van der Waals surface area contributed by atoms with Gasteiger partial charge in [-0.05, 0) is 18.7 Å². The number of rotatable bonds is 6. The maximum Gasteiger partial charge on any atom is 0.305 e. The fourth-order valence-electron chi connectivity index (χ4n) is 2.36. The fraction of sp³-hybridized carbons (Fsp3) is 0.583. The summed E-state index contributed by atoms with van der Waals surface area (Å²) < 4.78 is 5.33. The molecule has 5 nitrogen and oxygen atoms in total. The summed E-state index contributed by atoms with van der Waals surface area (Å²) in [6, 6.07) is 3.77. The number of furan rings is 1. The third-order valence-corrected chi connectivity index (χ3v) is 3.37. The van der Waals surface area contributed by atoms with Crippen molar-refractivity contribution >= 4 is 5.97 Å². The van der Waals surface area contributed by atoms with E-state index in [1.807, 2.05) is 19.1 Å². The van der Waals surface area contributed by atoms with Crippen LogP contribution in [0, 0.1) is 0 Å². The minimum atomic E-state index is -0.746. The van der Waals surface area contributed by atoms with Crippen LogP contribution in [0.25, 0.3) is 0 Å². The summed E-state index contributed by atoms with van der Waals surface area (Å²) in [6.45, 7) is 4.99. The van der Waals surface area contributed by atoms with Crippen molar-refractivity contribution in [3.8, 4) is 0 Å². The van der Waals surface area contributed by atoms with E-state index >= 15 is 0 Å². The van der Waals surface area contributed by atoms with Crippen molar-refractivity contribution in [2.24, 2.45) is 0 Å². The van der Waals surface area contributed by atoms with Crippen LogP contribution in [0.2, 0.25) is 0 Å². The summed E-state index contributed by atoms with van der Waals surface area (Å²) in [5.41, 5.74) is -0.257. The molecule has 17 heavy (non-hydrogen) atoms. The van der Waals surface area contributed by atoms with E-state index < -0.39 is 5.97 Å². The average molecular weight is 238 g/mol. The van der Waals surface area contributed by atoms with Gasteiger partial charge in [0.05, 0.1) is 24.8 Å². The van der Waals surface area contributed by atoms with Gasteiger partial charge in [0, 0.05) is 13.1 Å². The summed E-state index contributed by atoms with van der Waals surface area (Å²) in [7, 11) is 0. The smallest absolute Gasteiger partial charge is 0.305 e. The second-order valence-corrected chi connectivity index (χ2v) is 4.49. The van der Waals surface area contributed by atoms with Crippen LogP contribution < -0.4 is 5.32 Å². The first kappa shape index (κ1) is 12.1. The minimum Gasteiger partial charge on any atom is -0.481 e. The molecule has 0 saturated carbocycles. The second-order valence-electron chi connectivity index (χ2n) is 4.49. The Morgan fingerprint density at radius 2 is 2.41 bits per heavy atom. The zero-order valence-electron chi connectivity index (χ0n) is 9.98. The number of nitrogens with zero attached hydrogens (tertiary/aromatic N) is 1. The highest BCUT2D eigenvalue weighted by molar-refractivity contribution is 5.68. The van der Waals surface area contributed by atoms with Gasteiger partial charge in [0.2, 0.25) is 0 Å². The number of likely N-dealkylation sites (N-methyl/N-ethyl adjacent to an activating group) is 1. The molecule has 1 fully saturated rings. The normalized spacial score (nSPS) is 18.0. The Morgan fingerprint density at radius 3 is 2.82 bits per heavy atom. The quantitative estimate of drug-likeness (QED) is 0.771. The van der Waals surface area contributed by atoms with E-state index in [9.17, 15) is 4.79 Å². The van der Waals surface area contributed by atoms with Crippen LogP contribution in [-0.4, -0.2) is 41.1 Å². The van der Waals surface area contributed by atoms with Crippen LogP contribution >= 0.6 is 0 Å². The van der Waals surface area contributed by atoms with Gasteiger partial charge in [-0.2, -0.15) is 0 Å². The molecule has 1 aromatic rings. The SMILES string of the molecule is CCN(Cc1ccco1)C1(CC(=O)O)CNC1. The molecule has 94 valence electrons. The summed E-state index contributed by atoms with van der Waals surface area (Å²) in [5.74, 6) is 0.132. The molecule has 0 amide bonds. The van der Waals surface area contributed by atoms with Crippen molar-refractivity contribution in [1.29, 1.82) is 0 Å². The molecule has 0 unspecified atom stereocenters. The number of aliphatic carboxylic acids is 1. The zero-order chi connectivity index (χ0) is 12.3. The first-order valence-electron chi connectivity index (χ1n) is 5.86. The van der Waals surface area contributed by atoms with Gasteiger partial charge in [0.15, 0.2) is 0 Å². The number of nitrogens with one attached hydrogen (secondary N) is 1. The largest absolute Gasteiger partial charge is 0.481 e. The van der Waals surface area contributed by atoms with Crippen LogP contribution in [0.1, 0.15) is 19.1 Å². The number of hydrogen-bond donors (Lipinski definition) is 2. The van der Waals surface area contributed by atoms with E-state index in [1.165, 1.54) is 0 Å². The molecule has 0 atom stereocenters. The van der Waals surface area contributed by atoms with E-state index in [4.69, 9.17) is 9.52 Å². The molecule has 0 bridgehead atoms.